The van der Waals surface area contributed by atoms with Crippen LogP contribution in [0.25, 0.3) is 5.69 Å². The van der Waals surface area contributed by atoms with Crippen molar-refractivity contribution in [3.05, 3.63) is 86.8 Å². The maximum absolute atomic E-state index is 12.8. The third-order valence-electron chi connectivity index (χ3n) is 4.96. The maximum Gasteiger partial charge on any atom is 0.276 e. The van der Waals surface area contributed by atoms with Crippen molar-refractivity contribution in [2.75, 3.05) is 6.54 Å². The number of rotatable bonds is 4. The minimum atomic E-state index is -0.0774. The topological polar surface area (TPSA) is 58.1 Å². The highest BCUT2D eigenvalue weighted by Crippen LogP contribution is 2.18. The number of nitrogens with one attached hydrogen (secondary N) is 1. The molecule has 2 aromatic carbocycles. The number of hydrogen-bond acceptors (Lipinski definition) is 2. The highest BCUT2D eigenvalue weighted by Gasteiger charge is 2.25. The van der Waals surface area contributed by atoms with E-state index >= 15 is 0 Å². The SMILES string of the molecule is O=C(CCc1ccc(Cl)cc1)N1CCc2[nH]n(-c3ccccc3)c(=O)c2C1. The quantitative estimate of drug-likeness (QED) is 0.753. The number of halogens is 1. The lowest BCUT2D eigenvalue weighted by molar-refractivity contribution is -0.132. The van der Waals surface area contributed by atoms with Gasteiger partial charge < -0.3 is 4.90 Å². The van der Waals surface area contributed by atoms with Gasteiger partial charge in [0.25, 0.3) is 5.56 Å². The molecule has 1 aliphatic heterocycles. The second-order valence-corrected chi connectivity index (χ2v) is 7.17. The van der Waals surface area contributed by atoms with Gasteiger partial charge in [0.15, 0.2) is 0 Å². The molecule has 1 aliphatic rings. The van der Waals surface area contributed by atoms with E-state index in [1.807, 2.05) is 54.6 Å². The molecule has 0 unspecified atom stereocenters. The maximum atomic E-state index is 12.8. The number of benzene rings is 2. The second-order valence-electron chi connectivity index (χ2n) is 6.74. The molecular weight excluding hydrogens is 362 g/mol. The molecule has 0 aliphatic carbocycles. The lowest BCUT2D eigenvalue weighted by atomic mass is 10.1. The van der Waals surface area contributed by atoms with Crippen LogP contribution in [-0.4, -0.2) is 27.1 Å². The summed E-state index contributed by atoms with van der Waals surface area (Å²) < 4.78 is 1.56. The van der Waals surface area contributed by atoms with E-state index in [0.717, 1.165) is 16.9 Å². The number of carbonyl (C=O) groups is 1. The van der Waals surface area contributed by atoms with Crippen molar-refractivity contribution in [1.82, 2.24) is 14.7 Å². The molecule has 1 aromatic heterocycles. The van der Waals surface area contributed by atoms with Crippen molar-refractivity contribution < 1.29 is 4.79 Å². The Morgan fingerprint density at radius 2 is 1.81 bits per heavy atom. The summed E-state index contributed by atoms with van der Waals surface area (Å²) in [6, 6.07) is 17.0. The predicted molar refractivity (Wildman–Crippen MR) is 105 cm³/mol. The summed E-state index contributed by atoms with van der Waals surface area (Å²) in [5, 5.41) is 3.89. The zero-order chi connectivity index (χ0) is 18.8. The molecule has 0 radical (unpaired) electrons. The summed E-state index contributed by atoms with van der Waals surface area (Å²) in [6.45, 7) is 0.991. The van der Waals surface area contributed by atoms with E-state index in [9.17, 15) is 9.59 Å². The highest BCUT2D eigenvalue weighted by atomic mass is 35.5. The van der Waals surface area contributed by atoms with Crippen molar-refractivity contribution in [3.8, 4) is 5.69 Å². The Balaban J connectivity index is 1.46. The first-order valence-electron chi connectivity index (χ1n) is 9.02. The van der Waals surface area contributed by atoms with Crippen molar-refractivity contribution in [2.24, 2.45) is 0 Å². The molecule has 6 heteroatoms. The van der Waals surface area contributed by atoms with E-state index in [1.54, 1.807) is 9.58 Å². The number of carbonyl (C=O) groups excluding carboxylic acids is 1. The zero-order valence-electron chi connectivity index (χ0n) is 14.8. The Labute approximate surface area is 162 Å². The largest absolute Gasteiger partial charge is 0.338 e. The molecule has 4 rings (SSSR count). The summed E-state index contributed by atoms with van der Waals surface area (Å²) in [4.78, 5) is 27.2. The molecule has 0 spiro atoms. The van der Waals surface area contributed by atoms with Crippen molar-refractivity contribution in [1.29, 1.82) is 0 Å². The summed E-state index contributed by atoms with van der Waals surface area (Å²) in [6.07, 6.45) is 1.76. The Hall–Kier alpha value is -2.79. The fourth-order valence-electron chi connectivity index (χ4n) is 3.44. The first-order chi connectivity index (χ1) is 13.1. The van der Waals surface area contributed by atoms with Crippen molar-refractivity contribution in [2.45, 2.75) is 25.8 Å². The first-order valence-corrected chi connectivity index (χ1v) is 9.40. The number of aromatic amines is 1. The van der Waals surface area contributed by atoms with Crippen LogP contribution in [0.3, 0.4) is 0 Å². The van der Waals surface area contributed by atoms with Gasteiger partial charge in [0.05, 0.1) is 17.8 Å². The second kappa shape index (κ2) is 7.45. The molecule has 5 nitrogen and oxygen atoms in total. The number of aromatic nitrogens is 2. The molecule has 2 heterocycles. The summed E-state index contributed by atoms with van der Waals surface area (Å²) in [5.41, 5.74) is 3.41. The number of para-hydroxylation sites is 1. The van der Waals surface area contributed by atoms with Crippen LogP contribution in [0.4, 0.5) is 0 Å². The Morgan fingerprint density at radius 3 is 2.56 bits per heavy atom. The van der Waals surface area contributed by atoms with Gasteiger partial charge >= 0.3 is 0 Å². The van der Waals surface area contributed by atoms with Crippen LogP contribution in [0, 0.1) is 0 Å². The monoisotopic (exact) mass is 381 g/mol. The Kier molecular flexibility index (Phi) is 4.86. The highest BCUT2D eigenvalue weighted by molar-refractivity contribution is 6.30. The molecule has 1 N–H and O–H groups in total. The lowest BCUT2D eigenvalue weighted by Gasteiger charge is -2.26. The van der Waals surface area contributed by atoms with Gasteiger partial charge in [-0.2, -0.15) is 0 Å². The smallest absolute Gasteiger partial charge is 0.276 e. The molecule has 0 saturated heterocycles. The molecule has 0 atom stereocenters. The van der Waals surface area contributed by atoms with Gasteiger partial charge in [0, 0.05) is 30.1 Å². The molecule has 0 bridgehead atoms. The van der Waals surface area contributed by atoms with E-state index in [4.69, 9.17) is 11.6 Å². The third-order valence-corrected chi connectivity index (χ3v) is 5.21. The average molecular weight is 382 g/mol. The molecule has 1 amide bonds. The number of aryl methyl sites for hydroxylation is 1. The van der Waals surface area contributed by atoms with Gasteiger partial charge in [-0.3, -0.25) is 14.7 Å². The van der Waals surface area contributed by atoms with Gasteiger partial charge in [0.1, 0.15) is 0 Å². The van der Waals surface area contributed by atoms with E-state index < -0.39 is 0 Å². The molecule has 0 fully saturated rings. The third kappa shape index (κ3) is 3.69. The van der Waals surface area contributed by atoms with Crippen LogP contribution < -0.4 is 5.56 Å². The minimum Gasteiger partial charge on any atom is -0.338 e. The Bertz CT molecular complexity index is 1010. The molecule has 138 valence electrons. The molecular formula is C21H20ClN3O2. The number of fused-ring (bicyclic) bond motifs is 1. The normalized spacial score (nSPS) is 13.4. The molecule has 0 saturated carbocycles. The van der Waals surface area contributed by atoms with Crippen molar-refractivity contribution in [3.63, 3.8) is 0 Å². The summed E-state index contributed by atoms with van der Waals surface area (Å²) >= 11 is 5.90. The van der Waals surface area contributed by atoms with Crippen LogP contribution in [0.1, 0.15) is 23.2 Å². The van der Waals surface area contributed by atoms with Crippen LogP contribution in [0.15, 0.2) is 59.4 Å². The van der Waals surface area contributed by atoms with E-state index in [-0.39, 0.29) is 11.5 Å². The van der Waals surface area contributed by atoms with E-state index in [1.165, 1.54) is 0 Å². The van der Waals surface area contributed by atoms with E-state index in [2.05, 4.69) is 5.10 Å². The average Bonchev–Trinajstić information content (AvgIpc) is 3.04. The predicted octanol–water partition coefficient (Wildman–Crippen LogP) is 3.34. The van der Waals surface area contributed by atoms with Crippen LogP contribution in [-0.2, 0) is 24.2 Å². The van der Waals surface area contributed by atoms with Gasteiger partial charge in [-0.1, -0.05) is 41.9 Å². The van der Waals surface area contributed by atoms with Gasteiger partial charge in [-0.05, 0) is 36.2 Å². The fraction of sp³-hybridized carbons (Fsp3) is 0.238. The summed E-state index contributed by atoms with van der Waals surface area (Å²) in [7, 11) is 0. The molecule has 27 heavy (non-hydrogen) atoms. The number of nitrogens with zero attached hydrogens (tertiary/aromatic N) is 2. The minimum absolute atomic E-state index is 0.0717. The lowest BCUT2D eigenvalue weighted by Crippen LogP contribution is -2.37. The number of amides is 1. The Morgan fingerprint density at radius 1 is 1.07 bits per heavy atom. The van der Waals surface area contributed by atoms with E-state index in [0.29, 0.717) is 42.9 Å². The van der Waals surface area contributed by atoms with Crippen LogP contribution in [0.5, 0.6) is 0 Å². The first kappa shape index (κ1) is 17.6. The van der Waals surface area contributed by atoms with Crippen molar-refractivity contribution >= 4 is 17.5 Å². The van der Waals surface area contributed by atoms with Gasteiger partial charge in [0.2, 0.25) is 5.91 Å². The fourth-order valence-corrected chi connectivity index (χ4v) is 3.56. The standard InChI is InChI=1S/C21H20ClN3O2/c22-16-9-6-15(7-10-16)8-11-20(26)24-13-12-19-18(14-24)21(27)25(23-19)17-4-2-1-3-5-17/h1-7,9-10,23H,8,11-14H2. The molecule has 3 aromatic rings. The van der Waals surface area contributed by atoms with Gasteiger partial charge in [-0.25, -0.2) is 4.68 Å². The van der Waals surface area contributed by atoms with Crippen LogP contribution in [0.2, 0.25) is 5.02 Å². The number of H-pyrrole nitrogens is 1. The number of hydrogen-bond donors (Lipinski definition) is 1. The van der Waals surface area contributed by atoms with Crippen LogP contribution >= 0.6 is 11.6 Å². The summed E-state index contributed by atoms with van der Waals surface area (Å²) in [5.74, 6) is 0.0717. The van der Waals surface area contributed by atoms with Gasteiger partial charge in [-0.15, -0.1) is 0 Å². The zero-order valence-corrected chi connectivity index (χ0v) is 15.6.